The predicted octanol–water partition coefficient (Wildman–Crippen LogP) is 3.56. The number of hydrogen-bond donors (Lipinski definition) is 0. The number of benzene rings is 2. The minimum Gasteiger partial charge on any atom is -0.497 e. The largest absolute Gasteiger partial charge is 0.497 e. The highest BCUT2D eigenvalue weighted by molar-refractivity contribution is 5.73. The number of ether oxygens (including phenoxy) is 2. The summed E-state index contributed by atoms with van der Waals surface area (Å²) in [5.41, 5.74) is 1.37. The number of methoxy groups -OCH3 is 1. The van der Waals surface area contributed by atoms with Gasteiger partial charge < -0.3 is 9.47 Å². The second kappa shape index (κ2) is 7.09. The normalized spacial score (nSPS) is 9.82. The van der Waals surface area contributed by atoms with E-state index in [4.69, 9.17) is 14.7 Å². The van der Waals surface area contributed by atoms with E-state index < -0.39 is 4.92 Å². The Morgan fingerprint density at radius 2 is 1.95 bits per heavy atom. The molecule has 6 nitrogen and oxygen atoms in total. The number of nitriles is 1. The molecule has 2 aromatic carbocycles. The highest BCUT2D eigenvalue weighted by Gasteiger charge is 2.13. The first-order chi connectivity index (χ1) is 10.7. The smallest absolute Gasteiger partial charge is 0.270 e. The van der Waals surface area contributed by atoms with Crippen LogP contribution in [0.5, 0.6) is 11.5 Å². The lowest BCUT2D eigenvalue weighted by Gasteiger charge is -2.11. The van der Waals surface area contributed by atoms with E-state index in [1.807, 2.05) is 6.07 Å². The fourth-order valence-electron chi connectivity index (χ4n) is 1.96. The molecule has 0 N–H and O–H groups in total. The van der Waals surface area contributed by atoms with E-state index in [0.717, 1.165) is 5.56 Å². The fraction of sp³-hybridized carbons (Fsp3) is 0.188. The van der Waals surface area contributed by atoms with Gasteiger partial charge in [0.1, 0.15) is 18.1 Å². The number of rotatable bonds is 6. The Kier molecular flexibility index (Phi) is 4.94. The summed E-state index contributed by atoms with van der Waals surface area (Å²) in [5, 5.41) is 19.5. The van der Waals surface area contributed by atoms with Gasteiger partial charge in [0.15, 0.2) is 0 Å². The van der Waals surface area contributed by atoms with E-state index in [0.29, 0.717) is 17.1 Å². The number of hydrogen-bond acceptors (Lipinski definition) is 5. The highest BCUT2D eigenvalue weighted by atomic mass is 16.6. The summed E-state index contributed by atoms with van der Waals surface area (Å²) in [6, 6.07) is 13.5. The van der Waals surface area contributed by atoms with Gasteiger partial charge in [-0.1, -0.05) is 12.1 Å². The molecular formula is C16H14N2O4. The van der Waals surface area contributed by atoms with Crippen molar-refractivity contribution in [2.75, 3.05) is 13.7 Å². The van der Waals surface area contributed by atoms with E-state index >= 15 is 0 Å². The van der Waals surface area contributed by atoms with Crippen LogP contribution in [0, 0.1) is 21.4 Å². The molecule has 112 valence electrons. The first-order valence-corrected chi connectivity index (χ1v) is 6.58. The molecule has 2 rings (SSSR count). The summed E-state index contributed by atoms with van der Waals surface area (Å²) < 4.78 is 10.6. The van der Waals surface area contributed by atoms with E-state index in [-0.39, 0.29) is 18.7 Å². The van der Waals surface area contributed by atoms with Crippen LogP contribution >= 0.6 is 0 Å². The lowest BCUT2D eigenvalue weighted by molar-refractivity contribution is -0.384. The zero-order valence-corrected chi connectivity index (χ0v) is 12.0. The van der Waals surface area contributed by atoms with E-state index in [1.165, 1.54) is 12.1 Å². The summed E-state index contributed by atoms with van der Waals surface area (Å²) in [7, 11) is 1.57. The molecule has 0 unspecified atom stereocenters. The Hall–Kier alpha value is -3.07. The average Bonchev–Trinajstić information content (AvgIpc) is 2.55. The van der Waals surface area contributed by atoms with Crippen molar-refractivity contribution in [1.82, 2.24) is 0 Å². The lowest BCUT2D eigenvalue weighted by Crippen LogP contribution is -1.98. The summed E-state index contributed by atoms with van der Waals surface area (Å²) in [6.45, 7) is 0.234. The zero-order valence-electron chi connectivity index (χ0n) is 12.0. The molecule has 6 heteroatoms. The van der Waals surface area contributed by atoms with Gasteiger partial charge in [-0.2, -0.15) is 5.26 Å². The molecule has 0 radical (unpaired) electrons. The van der Waals surface area contributed by atoms with Gasteiger partial charge in [-0.25, -0.2) is 0 Å². The maximum atomic E-state index is 11.0. The van der Waals surface area contributed by atoms with Crippen molar-refractivity contribution in [3.8, 4) is 28.7 Å². The SMILES string of the molecule is COc1ccc(-c2cc([N+](=O)[O-])ccc2OCCC#N)cc1. The van der Waals surface area contributed by atoms with Crippen molar-refractivity contribution >= 4 is 5.69 Å². The van der Waals surface area contributed by atoms with Crippen molar-refractivity contribution in [1.29, 1.82) is 5.26 Å². The third-order valence-electron chi connectivity index (χ3n) is 3.05. The van der Waals surface area contributed by atoms with Gasteiger partial charge in [0.05, 0.1) is 24.5 Å². The van der Waals surface area contributed by atoms with Gasteiger partial charge >= 0.3 is 0 Å². The van der Waals surface area contributed by atoms with Crippen LogP contribution in [0.3, 0.4) is 0 Å². The summed E-state index contributed by atoms with van der Waals surface area (Å²) in [4.78, 5) is 10.5. The minimum atomic E-state index is -0.452. The Labute approximate surface area is 127 Å². The molecule has 0 amide bonds. The molecule has 22 heavy (non-hydrogen) atoms. The van der Waals surface area contributed by atoms with Gasteiger partial charge in [-0.3, -0.25) is 10.1 Å². The van der Waals surface area contributed by atoms with Crippen molar-refractivity contribution in [2.24, 2.45) is 0 Å². The van der Waals surface area contributed by atoms with Gasteiger partial charge in [-0.05, 0) is 23.8 Å². The topological polar surface area (TPSA) is 85.4 Å². The summed E-state index contributed by atoms with van der Waals surface area (Å²) in [6.07, 6.45) is 0.249. The molecule has 0 spiro atoms. The first kappa shape index (κ1) is 15.3. The Balaban J connectivity index is 2.41. The van der Waals surface area contributed by atoms with Crippen molar-refractivity contribution < 1.29 is 14.4 Å². The third kappa shape index (κ3) is 3.52. The lowest BCUT2D eigenvalue weighted by atomic mass is 10.0. The molecule has 0 aliphatic heterocycles. The molecule has 0 heterocycles. The summed E-state index contributed by atoms with van der Waals surface area (Å²) >= 11 is 0. The maximum absolute atomic E-state index is 11.0. The zero-order chi connectivity index (χ0) is 15.9. The van der Waals surface area contributed by atoms with Crippen molar-refractivity contribution in [3.63, 3.8) is 0 Å². The molecule has 0 fully saturated rings. The molecule has 2 aromatic rings. The molecule has 0 aliphatic carbocycles. The number of nitro groups is 1. The van der Waals surface area contributed by atoms with Crippen molar-refractivity contribution in [2.45, 2.75) is 6.42 Å². The van der Waals surface area contributed by atoms with Crippen LogP contribution in [0.15, 0.2) is 42.5 Å². The van der Waals surface area contributed by atoms with Gasteiger partial charge in [-0.15, -0.1) is 0 Å². The fourth-order valence-corrected chi connectivity index (χ4v) is 1.96. The first-order valence-electron chi connectivity index (χ1n) is 6.58. The highest BCUT2D eigenvalue weighted by Crippen LogP contribution is 2.34. The van der Waals surface area contributed by atoms with Gasteiger partial charge in [0.25, 0.3) is 5.69 Å². The number of nitrogens with zero attached hydrogens (tertiary/aromatic N) is 2. The monoisotopic (exact) mass is 298 g/mol. The van der Waals surface area contributed by atoms with Crippen LogP contribution in [0.2, 0.25) is 0 Å². The molecule has 0 saturated heterocycles. The second-order valence-corrected chi connectivity index (χ2v) is 4.42. The quantitative estimate of drug-likeness (QED) is 0.462. The standard InChI is InChI=1S/C16H14N2O4/c1-21-14-6-3-12(4-7-14)15-11-13(18(19)20)5-8-16(15)22-10-2-9-17/h3-8,11H,2,10H2,1H3. The van der Waals surface area contributed by atoms with Crippen molar-refractivity contribution in [3.05, 3.63) is 52.6 Å². The van der Waals surface area contributed by atoms with E-state index in [1.54, 1.807) is 37.4 Å². The number of non-ortho nitro benzene ring substituents is 1. The summed E-state index contributed by atoms with van der Waals surface area (Å²) in [5.74, 6) is 1.20. The van der Waals surface area contributed by atoms with Crippen LogP contribution in [0.4, 0.5) is 5.69 Å². The molecule has 0 aliphatic rings. The average molecular weight is 298 g/mol. The maximum Gasteiger partial charge on any atom is 0.270 e. The third-order valence-corrected chi connectivity index (χ3v) is 3.05. The predicted molar refractivity (Wildman–Crippen MR) is 80.8 cm³/mol. The van der Waals surface area contributed by atoms with E-state index in [2.05, 4.69) is 0 Å². The Bertz CT molecular complexity index is 705. The van der Waals surface area contributed by atoms with Crippen LogP contribution in [-0.2, 0) is 0 Å². The molecule has 0 atom stereocenters. The molecule has 0 bridgehead atoms. The molecular weight excluding hydrogens is 284 g/mol. The minimum absolute atomic E-state index is 0.0153. The Morgan fingerprint density at radius 1 is 1.23 bits per heavy atom. The van der Waals surface area contributed by atoms with E-state index in [9.17, 15) is 10.1 Å². The van der Waals surface area contributed by atoms with Crippen LogP contribution in [0.25, 0.3) is 11.1 Å². The number of nitro benzene ring substituents is 1. The van der Waals surface area contributed by atoms with Gasteiger partial charge in [0.2, 0.25) is 0 Å². The Morgan fingerprint density at radius 3 is 2.55 bits per heavy atom. The van der Waals surface area contributed by atoms with Crippen LogP contribution in [0.1, 0.15) is 6.42 Å². The molecule has 0 aromatic heterocycles. The van der Waals surface area contributed by atoms with Crippen LogP contribution < -0.4 is 9.47 Å². The van der Waals surface area contributed by atoms with Gasteiger partial charge in [0, 0.05) is 17.7 Å². The van der Waals surface area contributed by atoms with Crippen LogP contribution in [-0.4, -0.2) is 18.6 Å². The molecule has 0 saturated carbocycles. The second-order valence-electron chi connectivity index (χ2n) is 4.42.